The van der Waals surface area contributed by atoms with Crippen LogP contribution >= 0.6 is 11.3 Å². The van der Waals surface area contributed by atoms with Crippen LogP contribution in [-0.2, 0) is 6.42 Å². The molecule has 1 amide bonds. The minimum Gasteiger partial charge on any atom is -0.508 e. The van der Waals surface area contributed by atoms with E-state index in [1.165, 1.54) is 5.01 Å². The normalized spacial score (nSPS) is 16.0. The summed E-state index contributed by atoms with van der Waals surface area (Å²) in [7, 11) is 0. The van der Waals surface area contributed by atoms with Crippen LogP contribution in [0.25, 0.3) is 0 Å². The predicted molar refractivity (Wildman–Crippen MR) is 87.5 cm³/mol. The lowest BCUT2D eigenvalue weighted by atomic mass is 9.96. The van der Waals surface area contributed by atoms with E-state index in [1.54, 1.807) is 23.5 Å². The summed E-state index contributed by atoms with van der Waals surface area (Å²) in [4.78, 5) is 18.9. The second-order valence-electron chi connectivity index (χ2n) is 5.63. The van der Waals surface area contributed by atoms with Crippen LogP contribution < -0.4 is 0 Å². The Morgan fingerprint density at radius 3 is 2.82 bits per heavy atom. The van der Waals surface area contributed by atoms with E-state index >= 15 is 0 Å². The molecule has 1 N–H and O–H groups in total. The highest BCUT2D eigenvalue weighted by Gasteiger charge is 2.26. The summed E-state index contributed by atoms with van der Waals surface area (Å²) >= 11 is 1.70. The number of carbonyl (C=O) groups excluding carboxylic acids is 1. The summed E-state index contributed by atoms with van der Waals surface area (Å²) in [5, 5.41) is 12.9. The molecule has 1 aromatic heterocycles. The number of benzene rings is 1. The molecule has 5 heteroatoms. The Labute approximate surface area is 134 Å². The second kappa shape index (κ2) is 6.48. The molecule has 3 rings (SSSR count). The number of hydrogen-bond acceptors (Lipinski definition) is 4. The monoisotopic (exact) mass is 316 g/mol. The maximum atomic E-state index is 12.6. The molecule has 1 aliphatic heterocycles. The number of nitrogens with zero attached hydrogens (tertiary/aromatic N) is 2. The molecule has 0 aliphatic carbocycles. The third-order valence-electron chi connectivity index (χ3n) is 4.29. The minimum atomic E-state index is 0.0623. The number of hydrogen-bond donors (Lipinski definition) is 1. The summed E-state index contributed by atoms with van der Waals surface area (Å²) in [6, 6.07) is 5.14. The average molecular weight is 316 g/mol. The first-order chi connectivity index (χ1) is 10.7. The van der Waals surface area contributed by atoms with Crippen LogP contribution in [0.5, 0.6) is 5.75 Å². The van der Waals surface area contributed by atoms with Gasteiger partial charge in [0, 0.05) is 36.1 Å². The largest absolute Gasteiger partial charge is 0.508 e. The zero-order valence-corrected chi connectivity index (χ0v) is 13.5. The number of rotatable bonds is 3. The molecule has 1 aliphatic rings. The molecular weight excluding hydrogens is 296 g/mol. The molecule has 2 aromatic rings. The number of phenols is 1. The summed E-state index contributed by atoms with van der Waals surface area (Å²) in [6.07, 6.45) is 4.51. The lowest BCUT2D eigenvalue weighted by molar-refractivity contribution is 0.0713. The summed E-state index contributed by atoms with van der Waals surface area (Å²) < 4.78 is 0. The number of piperidine rings is 1. The number of phenolic OH excluding ortho intramolecular Hbond substituents is 1. The molecule has 2 heterocycles. The fourth-order valence-electron chi connectivity index (χ4n) is 2.95. The summed E-state index contributed by atoms with van der Waals surface area (Å²) in [5.74, 6) is 0.809. The average Bonchev–Trinajstić information content (AvgIpc) is 3.09. The van der Waals surface area contributed by atoms with Crippen molar-refractivity contribution in [1.82, 2.24) is 9.88 Å². The first-order valence-corrected chi connectivity index (χ1v) is 8.57. The molecule has 1 saturated heterocycles. The van der Waals surface area contributed by atoms with Crippen molar-refractivity contribution in [2.75, 3.05) is 13.1 Å². The van der Waals surface area contributed by atoms with Gasteiger partial charge in [-0.2, -0.15) is 0 Å². The lowest BCUT2D eigenvalue weighted by Crippen LogP contribution is -2.37. The van der Waals surface area contributed by atoms with Crippen molar-refractivity contribution in [2.45, 2.75) is 32.1 Å². The topological polar surface area (TPSA) is 53.4 Å². The van der Waals surface area contributed by atoms with Gasteiger partial charge in [-0.15, -0.1) is 11.3 Å². The molecule has 0 radical (unpaired) electrons. The number of aromatic nitrogens is 1. The Kier molecular flexibility index (Phi) is 4.43. The quantitative estimate of drug-likeness (QED) is 0.944. The van der Waals surface area contributed by atoms with E-state index in [0.29, 0.717) is 11.5 Å². The fourth-order valence-corrected chi connectivity index (χ4v) is 3.76. The van der Waals surface area contributed by atoms with Gasteiger partial charge in [-0.25, -0.2) is 4.98 Å². The van der Waals surface area contributed by atoms with Gasteiger partial charge in [-0.1, -0.05) is 6.92 Å². The van der Waals surface area contributed by atoms with Crippen molar-refractivity contribution in [3.8, 4) is 5.75 Å². The highest BCUT2D eigenvalue weighted by Crippen LogP contribution is 2.30. The van der Waals surface area contributed by atoms with Crippen molar-refractivity contribution in [1.29, 1.82) is 0 Å². The van der Waals surface area contributed by atoms with Crippen LogP contribution in [0.2, 0.25) is 0 Å². The van der Waals surface area contributed by atoms with Crippen LogP contribution in [0, 0.1) is 0 Å². The summed E-state index contributed by atoms with van der Waals surface area (Å²) in [6.45, 7) is 3.51. The van der Waals surface area contributed by atoms with E-state index in [4.69, 9.17) is 0 Å². The van der Waals surface area contributed by atoms with Gasteiger partial charge in [-0.3, -0.25) is 4.79 Å². The van der Waals surface area contributed by atoms with Crippen molar-refractivity contribution in [3.05, 3.63) is 45.9 Å². The molecule has 0 atom stereocenters. The van der Waals surface area contributed by atoms with E-state index in [0.717, 1.165) is 37.9 Å². The van der Waals surface area contributed by atoms with Crippen LogP contribution in [0.15, 0.2) is 29.8 Å². The van der Waals surface area contributed by atoms with Gasteiger partial charge in [0.05, 0.1) is 5.01 Å². The highest BCUT2D eigenvalue weighted by molar-refractivity contribution is 7.09. The van der Waals surface area contributed by atoms with Crippen molar-refractivity contribution < 1.29 is 9.90 Å². The molecule has 1 aromatic carbocycles. The third kappa shape index (κ3) is 2.99. The number of likely N-dealkylation sites (tertiary alicyclic amines) is 1. The number of amides is 1. The predicted octanol–water partition coefficient (Wildman–Crippen LogP) is 3.43. The van der Waals surface area contributed by atoms with E-state index in [1.807, 2.05) is 29.5 Å². The van der Waals surface area contributed by atoms with Gasteiger partial charge in [-0.05, 0) is 43.0 Å². The number of thiazole rings is 1. The number of carbonyl (C=O) groups is 1. The fraction of sp³-hybridized carbons (Fsp3) is 0.412. The van der Waals surface area contributed by atoms with E-state index in [-0.39, 0.29) is 11.7 Å². The van der Waals surface area contributed by atoms with Gasteiger partial charge < -0.3 is 10.0 Å². The molecule has 0 bridgehead atoms. The SMILES string of the molecule is CCc1cc(C(=O)N2CCC(c3nccs3)CC2)ccc1O. The molecule has 0 spiro atoms. The second-order valence-corrected chi connectivity index (χ2v) is 6.56. The standard InChI is InChI=1S/C17H20N2O2S/c1-2-12-11-14(3-4-15(12)20)17(21)19-8-5-13(6-9-19)16-18-7-10-22-16/h3-4,7,10-11,13,20H,2,5-6,8-9H2,1H3. The first-order valence-electron chi connectivity index (χ1n) is 7.69. The molecule has 0 saturated carbocycles. The smallest absolute Gasteiger partial charge is 0.253 e. The number of aromatic hydroxyl groups is 1. The van der Waals surface area contributed by atoms with E-state index < -0.39 is 0 Å². The first kappa shape index (κ1) is 15.0. The molecule has 1 fully saturated rings. The van der Waals surface area contributed by atoms with Crippen molar-refractivity contribution in [2.24, 2.45) is 0 Å². The van der Waals surface area contributed by atoms with Gasteiger partial charge in [0.2, 0.25) is 0 Å². The van der Waals surface area contributed by atoms with Crippen molar-refractivity contribution >= 4 is 17.2 Å². The minimum absolute atomic E-state index is 0.0623. The maximum Gasteiger partial charge on any atom is 0.253 e. The summed E-state index contributed by atoms with van der Waals surface area (Å²) in [5.41, 5.74) is 1.49. The van der Waals surface area contributed by atoms with Crippen LogP contribution in [-0.4, -0.2) is 34.0 Å². The maximum absolute atomic E-state index is 12.6. The highest BCUT2D eigenvalue weighted by atomic mass is 32.1. The zero-order chi connectivity index (χ0) is 15.5. The zero-order valence-electron chi connectivity index (χ0n) is 12.7. The van der Waals surface area contributed by atoms with E-state index in [9.17, 15) is 9.90 Å². The Bertz CT molecular complexity index is 647. The third-order valence-corrected chi connectivity index (χ3v) is 5.23. The molecule has 116 valence electrons. The number of aryl methyl sites for hydroxylation is 1. The van der Waals surface area contributed by atoms with Crippen LogP contribution in [0.1, 0.15) is 46.6 Å². The van der Waals surface area contributed by atoms with Gasteiger partial charge in [0.25, 0.3) is 5.91 Å². The van der Waals surface area contributed by atoms with Gasteiger partial charge >= 0.3 is 0 Å². The Morgan fingerprint density at radius 1 is 1.41 bits per heavy atom. The molecule has 0 unspecified atom stereocenters. The van der Waals surface area contributed by atoms with Gasteiger partial charge in [0.15, 0.2) is 0 Å². The Hall–Kier alpha value is -1.88. The van der Waals surface area contributed by atoms with Gasteiger partial charge in [0.1, 0.15) is 5.75 Å². The van der Waals surface area contributed by atoms with E-state index in [2.05, 4.69) is 4.98 Å². The van der Waals surface area contributed by atoms with Crippen molar-refractivity contribution in [3.63, 3.8) is 0 Å². The molecular formula is C17H20N2O2S. The Morgan fingerprint density at radius 2 is 2.18 bits per heavy atom. The lowest BCUT2D eigenvalue weighted by Gasteiger charge is -2.31. The Balaban J connectivity index is 1.67. The molecule has 22 heavy (non-hydrogen) atoms. The molecule has 4 nitrogen and oxygen atoms in total. The van der Waals surface area contributed by atoms with Crippen LogP contribution in [0.4, 0.5) is 0 Å². The van der Waals surface area contributed by atoms with Crippen LogP contribution in [0.3, 0.4) is 0 Å².